The summed E-state index contributed by atoms with van der Waals surface area (Å²) in [5.41, 5.74) is 0. The number of hydrogen-bond acceptors (Lipinski definition) is 6. The van der Waals surface area contributed by atoms with E-state index in [9.17, 15) is 0 Å². The van der Waals surface area contributed by atoms with E-state index in [2.05, 4.69) is 44.3 Å². The highest BCUT2D eigenvalue weighted by Gasteiger charge is 2.23. The molecular weight excluding hydrogens is 312 g/mol. The van der Waals surface area contributed by atoms with Gasteiger partial charge >= 0.3 is 0 Å². The molecule has 25 heavy (non-hydrogen) atoms. The fourth-order valence-corrected chi connectivity index (χ4v) is 3.97. The van der Waals surface area contributed by atoms with Crippen molar-refractivity contribution in [3.63, 3.8) is 0 Å². The van der Waals surface area contributed by atoms with E-state index < -0.39 is 0 Å². The Morgan fingerprint density at radius 2 is 1.44 bits per heavy atom. The van der Waals surface area contributed by atoms with Crippen molar-refractivity contribution in [1.29, 1.82) is 5.26 Å². The molecule has 0 aromatic carbocycles. The fraction of sp³-hybridized carbons (Fsp3) is 0.895. The van der Waals surface area contributed by atoms with Gasteiger partial charge in [0.1, 0.15) is 6.67 Å². The molecule has 3 aliphatic heterocycles. The van der Waals surface area contributed by atoms with E-state index >= 15 is 0 Å². The van der Waals surface area contributed by atoms with Crippen LogP contribution in [0.3, 0.4) is 0 Å². The van der Waals surface area contributed by atoms with Crippen molar-refractivity contribution < 1.29 is 0 Å². The average Bonchev–Trinajstić information content (AvgIpc) is 3.10. The summed E-state index contributed by atoms with van der Waals surface area (Å²) in [7, 11) is 2.21. The van der Waals surface area contributed by atoms with Crippen molar-refractivity contribution in [1.82, 2.24) is 24.5 Å². The van der Waals surface area contributed by atoms with Crippen molar-refractivity contribution in [2.45, 2.75) is 19.3 Å². The van der Waals surface area contributed by atoms with Crippen LogP contribution in [0.4, 0.5) is 0 Å². The molecule has 0 N–H and O–H groups in total. The molecule has 0 atom stereocenters. The first kappa shape index (κ1) is 19.1. The van der Waals surface area contributed by atoms with E-state index in [0.717, 1.165) is 58.7 Å². The standard InChI is InChI=1S/C19H34N6/c1-21-9-11-23(12-10-21)13-14-25-16-15-24(18-25)6-2-5-22-7-3-19(17-20)4-8-22/h19H,2-16H2,1H3. The first-order valence-electron chi connectivity index (χ1n) is 10.0. The molecule has 6 heteroatoms. The monoisotopic (exact) mass is 346 g/mol. The summed E-state index contributed by atoms with van der Waals surface area (Å²) in [6.07, 6.45) is 3.31. The molecule has 3 saturated heterocycles. The molecular formula is C19H34N6. The summed E-state index contributed by atoms with van der Waals surface area (Å²) in [6.45, 7) is 17.4. The highest BCUT2D eigenvalue weighted by atomic mass is 15.4. The molecule has 2 radical (unpaired) electrons. The first-order valence-corrected chi connectivity index (χ1v) is 10.0. The molecule has 3 rings (SSSR count). The number of likely N-dealkylation sites (N-methyl/N-ethyl adjacent to an activating group) is 1. The number of piperazine rings is 1. The third-order valence-electron chi connectivity index (χ3n) is 5.88. The van der Waals surface area contributed by atoms with Gasteiger partial charge in [-0.25, -0.2) is 0 Å². The Morgan fingerprint density at radius 3 is 2.12 bits per heavy atom. The molecule has 0 aromatic heterocycles. The van der Waals surface area contributed by atoms with Crippen molar-refractivity contribution in [3.8, 4) is 6.07 Å². The number of piperidine rings is 1. The lowest BCUT2D eigenvalue weighted by Crippen LogP contribution is -2.46. The second kappa shape index (κ2) is 9.84. The maximum Gasteiger partial charge on any atom is 0.146 e. The largest absolute Gasteiger partial charge is 0.304 e. The van der Waals surface area contributed by atoms with Crippen LogP contribution >= 0.6 is 0 Å². The Balaban J connectivity index is 1.23. The van der Waals surface area contributed by atoms with Gasteiger partial charge in [0.15, 0.2) is 0 Å². The fourth-order valence-electron chi connectivity index (χ4n) is 3.97. The summed E-state index contributed by atoms with van der Waals surface area (Å²) in [5, 5.41) is 8.97. The molecule has 3 aliphatic rings. The SMILES string of the molecule is CN1CCN(CCN2[C]N(CCCN3CCC(C#N)CC3)CC2)CC1. The molecule has 0 aromatic rings. The van der Waals surface area contributed by atoms with Gasteiger partial charge < -0.3 is 9.80 Å². The van der Waals surface area contributed by atoms with Gasteiger partial charge in [0, 0.05) is 64.8 Å². The van der Waals surface area contributed by atoms with Crippen LogP contribution in [0, 0.1) is 23.9 Å². The molecule has 0 unspecified atom stereocenters. The average molecular weight is 347 g/mol. The predicted molar refractivity (Wildman–Crippen MR) is 99.7 cm³/mol. The summed E-state index contributed by atoms with van der Waals surface area (Å²) >= 11 is 0. The molecule has 0 saturated carbocycles. The molecule has 140 valence electrons. The minimum atomic E-state index is 0.297. The topological polar surface area (TPSA) is 40.0 Å². The highest BCUT2D eigenvalue weighted by Crippen LogP contribution is 2.16. The zero-order valence-electron chi connectivity index (χ0n) is 15.9. The third kappa shape index (κ3) is 6.19. The summed E-state index contributed by atoms with van der Waals surface area (Å²) in [6, 6.07) is 2.41. The lowest BCUT2D eigenvalue weighted by Gasteiger charge is -2.33. The van der Waals surface area contributed by atoms with Crippen LogP contribution in [0.2, 0.25) is 0 Å². The summed E-state index contributed by atoms with van der Waals surface area (Å²) in [5.74, 6) is 0.297. The highest BCUT2D eigenvalue weighted by molar-refractivity contribution is 4.87. The van der Waals surface area contributed by atoms with Gasteiger partial charge in [0.25, 0.3) is 0 Å². The Bertz CT molecular complexity index is 420. The van der Waals surface area contributed by atoms with Crippen LogP contribution in [0.15, 0.2) is 0 Å². The predicted octanol–water partition coefficient (Wildman–Crippen LogP) is 0.473. The van der Waals surface area contributed by atoms with Crippen LogP contribution in [0.1, 0.15) is 19.3 Å². The zero-order valence-corrected chi connectivity index (χ0v) is 15.9. The van der Waals surface area contributed by atoms with Gasteiger partial charge in [0.05, 0.1) is 6.07 Å². The van der Waals surface area contributed by atoms with Crippen LogP contribution in [-0.2, 0) is 0 Å². The van der Waals surface area contributed by atoms with E-state index in [1.807, 2.05) is 0 Å². The minimum Gasteiger partial charge on any atom is -0.304 e. The molecule has 6 nitrogen and oxygen atoms in total. The Kier molecular flexibility index (Phi) is 7.50. The Morgan fingerprint density at radius 1 is 0.800 bits per heavy atom. The second-order valence-corrected chi connectivity index (χ2v) is 7.82. The number of hydrogen-bond donors (Lipinski definition) is 0. The van der Waals surface area contributed by atoms with Crippen molar-refractivity contribution in [2.24, 2.45) is 5.92 Å². The summed E-state index contributed by atoms with van der Waals surface area (Å²) < 4.78 is 0. The smallest absolute Gasteiger partial charge is 0.146 e. The van der Waals surface area contributed by atoms with Crippen molar-refractivity contribution in [2.75, 3.05) is 85.6 Å². The molecule has 0 spiro atoms. The normalized spacial score (nSPS) is 26.2. The number of likely N-dealkylation sites (tertiary alicyclic amines) is 1. The van der Waals surface area contributed by atoms with Crippen LogP contribution in [0.5, 0.6) is 0 Å². The van der Waals surface area contributed by atoms with Crippen molar-refractivity contribution >= 4 is 0 Å². The second-order valence-electron chi connectivity index (χ2n) is 7.82. The van der Waals surface area contributed by atoms with Gasteiger partial charge in [-0.3, -0.25) is 14.7 Å². The Hall–Kier alpha value is -0.710. The summed E-state index contributed by atoms with van der Waals surface area (Å²) in [4.78, 5) is 12.3. The number of nitrogens with zero attached hydrogens (tertiary/aromatic N) is 6. The van der Waals surface area contributed by atoms with Gasteiger partial charge in [0.2, 0.25) is 0 Å². The Labute approximate surface area is 153 Å². The number of rotatable bonds is 7. The van der Waals surface area contributed by atoms with Gasteiger partial charge in [-0.15, -0.1) is 0 Å². The molecule has 3 fully saturated rings. The molecule has 0 bridgehead atoms. The zero-order chi connectivity index (χ0) is 17.5. The third-order valence-corrected chi connectivity index (χ3v) is 5.88. The molecule has 3 heterocycles. The first-order chi connectivity index (χ1) is 12.2. The molecule has 0 aliphatic carbocycles. The quantitative estimate of drug-likeness (QED) is 0.668. The van der Waals surface area contributed by atoms with E-state index in [1.165, 1.54) is 39.1 Å². The number of nitriles is 1. The van der Waals surface area contributed by atoms with Crippen LogP contribution in [-0.4, -0.2) is 110 Å². The maximum absolute atomic E-state index is 8.97. The van der Waals surface area contributed by atoms with E-state index in [-0.39, 0.29) is 0 Å². The van der Waals surface area contributed by atoms with Gasteiger partial charge in [-0.1, -0.05) is 0 Å². The lowest BCUT2D eigenvalue weighted by molar-refractivity contribution is 0.142. The minimum absolute atomic E-state index is 0.297. The van der Waals surface area contributed by atoms with Crippen molar-refractivity contribution in [3.05, 3.63) is 6.67 Å². The van der Waals surface area contributed by atoms with Gasteiger partial charge in [-0.2, -0.15) is 5.26 Å². The van der Waals surface area contributed by atoms with Crippen LogP contribution in [0.25, 0.3) is 0 Å². The van der Waals surface area contributed by atoms with Gasteiger partial charge in [-0.05, 0) is 45.9 Å². The van der Waals surface area contributed by atoms with E-state index in [4.69, 9.17) is 5.26 Å². The van der Waals surface area contributed by atoms with E-state index in [1.54, 1.807) is 0 Å². The lowest BCUT2D eigenvalue weighted by atomic mass is 9.98. The molecule has 0 amide bonds. The van der Waals surface area contributed by atoms with E-state index in [0.29, 0.717) is 5.92 Å². The maximum atomic E-state index is 8.97. The van der Waals surface area contributed by atoms with Crippen LogP contribution < -0.4 is 0 Å².